The Hall–Kier alpha value is -1.61. The summed E-state index contributed by atoms with van der Waals surface area (Å²) >= 11 is 3.44. The lowest BCUT2D eigenvalue weighted by Gasteiger charge is -2.15. The highest BCUT2D eigenvalue weighted by molar-refractivity contribution is 9.10. The van der Waals surface area contributed by atoms with Crippen molar-refractivity contribution in [2.24, 2.45) is 0 Å². The highest BCUT2D eigenvalue weighted by Gasteiger charge is 2.18. The monoisotopic (exact) mass is 346 g/mol. The van der Waals surface area contributed by atoms with Crippen molar-refractivity contribution in [3.63, 3.8) is 0 Å². The van der Waals surface area contributed by atoms with Crippen molar-refractivity contribution in [3.8, 4) is 5.75 Å². The normalized spacial score (nSPS) is 10.6. The van der Waals surface area contributed by atoms with Crippen LogP contribution in [0.25, 0.3) is 0 Å². The molecule has 0 aromatic heterocycles. The summed E-state index contributed by atoms with van der Waals surface area (Å²) in [5.41, 5.74) is 5.87. The number of ketones is 1. The lowest BCUT2D eigenvalue weighted by Crippen LogP contribution is -2.09. The van der Waals surface area contributed by atoms with Crippen LogP contribution < -0.4 is 4.74 Å². The Balaban J connectivity index is 2.58. The topological polar surface area (TPSA) is 26.3 Å². The Morgan fingerprint density at radius 3 is 2.05 bits per heavy atom. The smallest absolute Gasteiger partial charge is 0.193 e. The van der Waals surface area contributed by atoms with Crippen LogP contribution in [-0.2, 0) is 0 Å². The number of hydrogen-bond donors (Lipinski definition) is 0. The maximum absolute atomic E-state index is 12.9. The van der Waals surface area contributed by atoms with Gasteiger partial charge in [0.1, 0.15) is 5.75 Å². The van der Waals surface area contributed by atoms with Gasteiger partial charge < -0.3 is 4.74 Å². The lowest BCUT2D eigenvalue weighted by molar-refractivity contribution is 0.103. The fraction of sp³-hybridized carbons (Fsp3) is 0.278. The van der Waals surface area contributed by atoms with E-state index in [9.17, 15) is 4.79 Å². The zero-order valence-corrected chi connectivity index (χ0v) is 14.6. The van der Waals surface area contributed by atoms with Crippen molar-refractivity contribution < 1.29 is 9.53 Å². The van der Waals surface area contributed by atoms with Gasteiger partial charge in [-0.05, 0) is 84.1 Å². The molecule has 0 fully saturated rings. The fourth-order valence-electron chi connectivity index (χ4n) is 2.51. The summed E-state index contributed by atoms with van der Waals surface area (Å²) in [6.45, 7) is 8.10. The summed E-state index contributed by atoms with van der Waals surface area (Å²) in [7, 11) is 1.61. The minimum atomic E-state index is 0.0557. The predicted octanol–water partition coefficient (Wildman–Crippen LogP) is 4.92. The summed E-state index contributed by atoms with van der Waals surface area (Å²) in [6.07, 6.45) is 0. The Morgan fingerprint density at radius 1 is 1.00 bits per heavy atom. The Labute approximate surface area is 134 Å². The first-order chi connectivity index (χ1) is 9.86. The zero-order chi connectivity index (χ0) is 15.7. The molecule has 0 heterocycles. The van der Waals surface area contributed by atoms with Crippen molar-refractivity contribution in [2.75, 3.05) is 7.11 Å². The summed E-state index contributed by atoms with van der Waals surface area (Å²) < 4.78 is 6.00. The standard InChI is InChI=1S/C18H19BrO2/c1-10-8-11(2)13(4)17(12(10)3)18(20)14-6-7-16(21-5)15(19)9-14/h6-9H,1-5H3. The molecule has 110 valence electrons. The zero-order valence-electron chi connectivity index (χ0n) is 13.0. The number of halogens is 1. The van der Waals surface area contributed by atoms with Crippen molar-refractivity contribution in [3.05, 3.63) is 62.1 Å². The molecule has 0 aliphatic heterocycles. The van der Waals surface area contributed by atoms with E-state index < -0.39 is 0 Å². The fourth-order valence-corrected chi connectivity index (χ4v) is 3.05. The van der Waals surface area contributed by atoms with Gasteiger partial charge in [-0.25, -0.2) is 0 Å². The minimum Gasteiger partial charge on any atom is -0.496 e. The van der Waals surface area contributed by atoms with Crippen LogP contribution in [0.2, 0.25) is 0 Å². The largest absolute Gasteiger partial charge is 0.496 e. The molecule has 0 saturated heterocycles. The van der Waals surface area contributed by atoms with Crippen molar-refractivity contribution in [1.29, 1.82) is 0 Å². The van der Waals surface area contributed by atoms with Crippen molar-refractivity contribution >= 4 is 21.7 Å². The highest BCUT2D eigenvalue weighted by atomic mass is 79.9. The Bertz CT molecular complexity index is 691. The van der Waals surface area contributed by atoms with E-state index in [2.05, 4.69) is 22.0 Å². The first-order valence-corrected chi connectivity index (χ1v) is 7.61. The van der Waals surface area contributed by atoms with Gasteiger partial charge in [-0.15, -0.1) is 0 Å². The first kappa shape index (κ1) is 15.8. The van der Waals surface area contributed by atoms with Crippen LogP contribution in [0.4, 0.5) is 0 Å². The molecular formula is C18H19BrO2. The van der Waals surface area contributed by atoms with Crippen LogP contribution in [0.15, 0.2) is 28.7 Å². The Morgan fingerprint density at radius 2 is 1.57 bits per heavy atom. The SMILES string of the molecule is COc1ccc(C(=O)c2c(C)c(C)cc(C)c2C)cc1Br. The van der Waals surface area contributed by atoms with Gasteiger partial charge in [0.05, 0.1) is 11.6 Å². The van der Waals surface area contributed by atoms with E-state index in [0.717, 1.165) is 38.0 Å². The summed E-state index contributed by atoms with van der Waals surface area (Å²) in [5.74, 6) is 0.778. The second kappa shape index (κ2) is 6.02. The van der Waals surface area contributed by atoms with E-state index in [4.69, 9.17) is 4.74 Å². The maximum atomic E-state index is 12.9. The molecule has 0 bridgehead atoms. The number of benzene rings is 2. The maximum Gasteiger partial charge on any atom is 0.193 e. The molecule has 2 nitrogen and oxygen atoms in total. The third-order valence-electron chi connectivity index (χ3n) is 4.01. The van der Waals surface area contributed by atoms with E-state index in [0.29, 0.717) is 5.56 Å². The molecule has 0 N–H and O–H groups in total. The number of methoxy groups -OCH3 is 1. The number of carbonyl (C=O) groups excluding carboxylic acids is 1. The number of ether oxygens (including phenoxy) is 1. The third kappa shape index (κ3) is 2.88. The summed E-state index contributed by atoms with van der Waals surface area (Å²) in [5, 5.41) is 0. The van der Waals surface area contributed by atoms with Crippen LogP contribution >= 0.6 is 15.9 Å². The van der Waals surface area contributed by atoms with Crippen molar-refractivity contribution in [2.45, 2.75) is 27.7 Å². The first-order valence-electron chi connectivity index (χ1n) is 6.82. The molecule has 0 spiro atoms. The Kier molecular flexibility index (Phi) is 4.52. The molecule has 0 amide bonds. The van der Waals surface area contributed by atoms with Crippen molar-refractivity contribution in [1.82, 2.24) is 0 Å². The van der Waals surface area contributed by atoms with Crippen LogP contribution in [0.5, 0.6) is 5.75 Å². The lowest BCUT2D eigenvalue weighted by atomic mass is 9.89. The van der Waals surface area contributed by atoms with Crippen LogP contribution in [0.1, 0.15) is 38.2 Å². The molecule has 21 heavy (non-hydrogen) atoms. The average Bonchev–Trinajstić information content (AvgIpc) is 2.45. The molecule has 2 aromatic carbocycles. The van der Waals surface area contributed by atoms with E-state index >= 15 is 0 Å². The van der Waals surface area contributed by atoms with Gasteiger partial charge in [0.2, 0.25) is 0 Å². The van der Waals surface area contributed by atoms with Gasteiger partial charge in [0, 0.05) is 11.1 Å². The number of aryl methyl sites for hydroxylation is 2. The second-order valence-electron chi connectivity index (χ2n) is 5.31. The van der Waals surface area contributed by atoms with Crippen LogP contribution in [-0.4, -0.2) is 12.9 Å². The van der Waals surface area contributed by atoms with E-state index in [1.54, 1.807) is 7.11 Å². The van der Waals surface area contributed by atoms with Gasteiger partial charge >= 0.3 is 0 Å². The van der Waals surface area contributed by atoms with E-state index in [-0.39, 0.29) is 5.78 Å². The molecular weight excluding hydrogens is 328 g/mol. The third-order valence-corrected chi connectivity index (χ3v) is 4.63. The van der Waals surface area contributed by atoms with E-state index in [1.807, 2.05) is 45.9 Å². The van der Waals surface area contributed by atoms with Crippen LogP contribution in [0, 0.1) is 27.7 Å². The molecule has 3 heteroatoms. The molecule has 0 aliphatic carbocycles. The number of carbonyl (C=O) groups is 1. The molecule has 0 aliphatic rings. The molecule has 0 atom stereocenters. The highest BCUT2D eigenvalue weighted by Crippen LogP contribution is 2.29. The summed E-state index contributed by atoms with van der Waals surface area (Å²) in [4.78, 5) is 12.9. The van der Waals surface area contributed by atoms with E-state index in [1.165, 1.54) is 0 Å². The molecule has 0 saturated carbocycles. The van der Waals surface area contributed by atoms with Gasteiger partial charge in [-0.1, -0.05) is 6.07 Å². The molecule has 0 unspecified atom stereocenters. The minimum absolute atomic E-state index is 0.0557. The second-order valence-corrected chi connectivity index (χ2v) is 6.17. The predicted molar refractivity (Wildman–Crippen MR) is 89.5 cm³/mol. The van der Waals surface area contributed by atoms with Gasteiger partial charge in [0.25, 0.3) is 0 Å². The van der Waals surface area contributed by atoms with Gasteiger partial charge in [-0.3, -0.25) is 4.79 Å². The van der Waals surface area contributed by atoms with Gasteiger partial charge in [-0.2, -0.15) is 0 Å². The molecule has 2 rings (SSSR count). The molecule has 2 aromatic rings. The number of hydrogen-bond acceptors (Lipinski definition) is 2. The summed E-state index contributed by atoms with van der Waals surface area (Å²) in [6, 6.07) is 7.57. The van der Waals surface area contributed by atoms with Gasteiger partial charge in [0.15, 0.2) is 5.78 Å². The molecule has 0 radical (unpaired) electrons. The number of rotatable bonds is 3. The average molecular weight is 347 g/mol. The quantitative estimate of drug-likeness (QED) is 0.737. The van der Waals surface area contributed by atoms with Crippen LogP contribution in [0.3, 0.4) is 0 Å².